The number of hydrogen-bond donors (Lipinski definition) is 1. The molecule has 1 aliphatic heterocycles. The van der Waals surface area contributed by atoms with E-state index in [9.17, 15) is 9.90 Å². The molecule has 1 saturated heterocycles. The van der Waals surface area contributed by atoms with Gasteiger partial charge in [0.05, 0.1) is 18.6 Å². The van der Waals surface area contributed by atoms with E-state index in [2.05, 4.69) is 12.1 Å². The van der Waals surface area contributed by atoms with Crippen LogP contribution < -0.4 is 0 Å². The monoisotopic (exact) mass is 260 g/mol. The first-order chi connectivity index (χ1) is 9.21. The van der Waals surface area contributed by atoms with Crippen LogP contribution in [-0.2, 0) is 21.4 Å². The summed E-state index contributed by atoms with van der Waals surface area (Å²) in [6.45, 7) is 1.72. The molecule has 1 heterocycles. The van der Waals surface area contributed by atoms with Crippen molar-refractivity contribution in [3.05, 3.63) is 35.4 Å². The van der Waals surface area contributed by atoms with E-state index in [1.54, 1.807) is 0 Å². The fourth-order valence-corrected chi connectivity index (χ4v) is 3.30. The number of hydrogen-bond acceptors (Lipinski definition) is 2. The zero-order valence-electron chi connectivity index (χ0n) is 11.1. The van der Waals surface area contributed by atoms with Crippen LogP contribution in [0.5, 0.6) is 0 Å². The number of carboxylic acids is 1. The molecule has 0 spiro atoms. The van der Waals surface area contributed by atoms with Gasteiger partial charge in [0.25, 0.3) is 0 Å². The van der Waals surface area contributed by atoms with Crippen molar-refractivity contribution >= 4 is 5.97 Å². The molecule has 0 amide bonds. The number of ether oxygens (including phenoxy) is 1. The first-order valence-electron chi connectivity index (χ1n) is 7.11. The summed E-state index contributed by atoms with van der Waals surface area (Å²) < 4.78 is 5.18. The lowest BCUT2D eigenvalue weighted by atomic mass is 9.78. The summed E-state index contributed by atoms with van der Waals surface area (Å²) in [6.07, 6.45) is 4.64. The SMILES string of the molecule is O=C(O)C1(c2ccc(CC3COC3)cc2)CCCC1. The predicted octanol–water partition coefficient (Wildman–Crippen LogP) is 2.77. The number of carbonyl (C=O) groups is 1. The van der Waals surface area contributed by atoms with Crippen molar-refractivity contribution in [1.82, 2.24) is 0 Å². The van der Waals surface area contributed by atoms with Crippen LogP contribution in [0.1, 0.15) is 36.8 Å². The van der Waals surface area contributed by atoms with Crippen molar-refractivity contribution in [2.24, 2.45) is 5.92 Å². The van der Waals surface area contributed by atoms with Crippen LogP contribution in [0.15, 0.2) is 24.3 Å². The lowest BCUT2D eigenvalue weighted by Gasteiger charge is -2.27. The second-order valence-electron chi connectivity index (χ2n) is 5.90. The van der Waals surface area contributed by atoms with Gasteiger partial charge in [0.15, 0.2) is 0 Å². The molecule has 0 atom stereocenters. The maximum absolute atomic E-state index is 11.6. The molecule has 1 aromatic carbocycles. The lowest BCUT2D eigenvalue weighted by molar-refractivity contribution is -0.143. The Hall–Kier alpha value is -1.35. The molecular formula is C16H20O3. The highest BCUT2D eigenvalue weighted by molar-refractivity contribution is 5.81. The molecule has 1 N–H and O–H groups in total. The Bertz CT molecular complexity index is 453. The van der Waals surface area contributed by atoms with E-state index in [0.717, 1.165) is 50.9 Å². The second kappa shape index (κ2) is 4.97. The Morgan fingerprint density at radius 2 is 1.84 bits per heavy atom. The third-order valence-electron chi connectivity index (χ3n) is 4.60. The van der Waals surface area contributed by atoms with Crippen molar-refractivity contribution in [1.29, 1.82) is 0 Å². The first kappa shape index (κ1) is 12.7. The van der Waals surface area contributed by atoms with Crippen LogP contribution in [0.2, 0.25) is 0 Å². The van der Waals surface area contributed by atoms with Crippen molar-refractivity contribution in [2.75, 3.05) is 13.2 Å². The van der Waals surface area contributed by atoms with Gasteiger partial charge in [0.1, 0.15) is 0 Å². The van der Waals surface area contributed by atoms with Gasteiger partial charge in [-0.15, -0.1) is 0 Å². The molecule has 0 radical (unpaired) electrons. The van der Waals surface area contributed by atoms with E-state index in [4.69, 9.17) is 4.74 Å². The van der Waals surface area contributed by atoms with Gasteiger partial charge < -0.3 is 9.84 Å². The average Bonchev–Trinajstić information content (AvgIpc) is 2.85. The van der Waals surface area contributed by atoms with Crippen LogP contribution in [-0.4, -0.2) is 24.3 Å². The average molecular weight is 260 g/mol. The van der Waals surface area contributed by atoms with E-state index in [1.165, 1.54) is 5.56 Å². The van der Waals surface area contributed by atoms with Crippen molar-refractivity contribution in [2.45, 2.75) is 37.5 Å². The molecule has 2 aliphatic rings. The Morgan fingerprint density at radius 3 is 2.32 bits per heavy atom. The van der Waals surface area contributed by atoms with E-state index >= 15 is 0 Å². The summed E-state index contributed by atoms with van der Waals surface area (Å²) in [4.78, 5) is 11.6. The van der Waals surface area contributed by atoms with Gasteiger partial charge in [0, 0.05) is 5.92 Å². The molecule has 1 aromatic rings. The molecule has 0 aromatic heterocycles. The topological polar surface area (TPSA) is 46.5 Å². The molecule has 102 valence electrons. The first-order valence-corrected chi connectivity index (χ1v) is 7.11. The summed E-state index contributed by atoms with van der Waals surface area (Å²) in [7, 11) is 0. The minimum absolute atomic E-state index is 0.627. The van der Waals surface area contributed by atoms with Crippen LogP contribution in [0.4, 0.5) is 0 Å². The predicted molar refractivity (Wildman–Crippen MR) is 72.2 cm³/mol. The van der Waals surface area contributed by atoms with Crippen LogP contribution >= 0.6 is 0 Å². The highest BCUT2D eigenvalue weighted by Crippen LogP contribution is 2.41. The van der Waals surface area contributed by atoms with E-state index < -0.39 is 11.4 Å². The summed E-state index contributed by atoms with van der Waals surface area (Å²) in [5, 5.41) is 9.56. The van der Waals surface area contributed by atoms with Gasteiger partial charge in [-0.1, -0.05) is 37.1 Å². The van der Waals surface area contributed by atoms with Gasteiger partial charge in [-0.2, -0.15) is 0 Å². The smallest absolute Gasteiger partial charge is 0.314 e. The summed E-state index contributed by atoms with van der Waals surface area (Å²) >= 11 is 0. The van der Waals surface area contributed by atoms with Crippen LogP contribution in [0.3, 0.4) is 0 Å². The normalized spacial score (nSPS) is 22.1. The number of benzene rings is 1. The highest BCUT2D eigenvalue weighted by atomic mass is 16.5. The van der Waals surface area contributed by atoms with E-state index in [0.29, 0.717) is 5.92 Å². The Labute approximate surface area is 113 Å². The zero-order valence-corrected chi connectivity index (χ0v) is 11.1. The minimum Gasteiger partial charge on any atom is -0.481 e. The van der Waals surface area contributed by atoms with E-state index in [1.807, 2.05) is 12.1 Å². The van der Waals surface area contributed by atoms with Crippen LogP contribution in [0, 0.1) is 5.92 Å². The number of rotatable bonds is 4. The standard InChI is InChI=1S/C16H20O3/c17-15(18)16(7-1-2-8-16)14-5-3-12(4-6-14)9-13-10-19-11-13/h3-6,13H,1-2,7-11H2,(H,17,18). The third-order valence-corrected chi connectivity index (χ3v) is 4.60. The zero-order chi connectivity index (χ0) is 13.3. The van der Waals surface area contributed by atoms with Crippen molar-refractivity contribution in [3.63, 3.8) is 0 Å². The molecule has 3 heteroatoms. The van der Waals surface area contributed by atoms with Crippen LogP contribution in [0.25, 0.3) is 0 Å². The molecule has 3 rings (SSSR count). The number of aliphatic carboxylic acids is 1. The molecule has 2 fully saturated rings. The second-order valence-corrected chi connectivity index (χ2v) is 5.90. The maximum atomic E-state index is 11.6. The minimum atomic E-state index is -0.662. The fourth-order valence-electron chi connectivity index (χ4n) is 3.30. The molecular weight excluding hydrogens is 240 g/mol. The summed E-state index contributed by atoms with van der Waals surface area (Å²) in [6, 6.07) is 8.23. The Morgan fingerprint density at radius 1 is 1.21 bits per heavy atom. The van der Waals surface area contributed by atoms with Gasteiger partial charge in [-0.25, -0.2) is 0 Å². The van der Waals surface area contributed by atoms with Gasteiger partial charge in [-0.05, 0) is 30.4 Å². The fraction of sp³-hybridized carbons (Fsp3) is 0.562. The maximum Gasteiger partial charge on any atom is 0.314 e. The largest absolute Gasteiger partial charge is 0.481 e. The lowest BCUT2D eigenvalue weighted by Crippen LogP contribution is -2.32. The van der Waals surface area contributed by atoms with Crippen molar-refractivity contribution in [3.8, 4) is 0 Å². The molecule has 19 heavy (non-hydrogen) atoms. The van der Waals surface area contributed by atoms with Crippen molar-refractivity contribution < 1.29 is 14.6 Å². The van der Waals surface area contributed by atoms with Gasteiger partial charge in [-0.3, -0.25) is 4.79 Å². The Balaban J connectivity index is 1.78. The highest BCUT2D eigenvalue weighted by Gasteiger charge is 2.42. The summed E-state index contributed by atoms with van der Waals surface area (Å²) in [5.74, 6) is -0.0177. The molecule has 1 saturated carbocycles. The molecule has 1 aliphatic carbocycles. The molecule has 0 unspecified atom stereocenters. The Kier molecular flexibility index (Phi) is 3.31. The molecule has 0 bridgehead atoms. The van der Waals surface area contributed by atoms with E-state index in [-0.39, 0.29) is 0 Å². The van der Waals surface area contributed by atoms with Gasteiger partial charge in [0.2, 0.25) is 0 Å². The quantitative estimate of drug-likeness (QED) is 0.905. The summed E-state index contributed by atoms with van der Waals surface area (Å²) in [5.41, 5.74) is 1.64. The molecule has 3 nitrogen and oxygen atoms in total. The number of carboxylic acid groups (broad SMARTS) is 1. The van der Waals surface area contributed by atoms with Gasteiger partial charge >= 0.3 is 5.97 Å². The third kappa shape index (κ3) is 2.27.